The summed E-state index contributed by atoms with van der Waals surface area (Å²) in [5.41, 5.74) is 0.975. The highest BCUT2D eigenvalue weighted by atomic mass is 32.2. The van der Waals surface area contributed by atoms with Crippen LogP contribution in [0.1, 0.15) is 36.0 Å². The van der Waals surface area contributed by atoms with Crippen molar-refractivity contribution in [3.63, 3.8) is 0 Å². The molecule has 1 aliphatic rings. The quantitative estimate of drug-likeness (QED) is 0.737. The van der Waals surface area contributed by atoms with Gasteiger partial charge < -0.3 is 4.74 Å². The average Bonchev–Trinajstić information content (AvgIpc) is 2.40. The zero-order valence-electron chi connectivity index (χ0n) is 12.5. The van der Waals surface area contributed by atoms with Gasteiger partial charge in [0, 0.05) is 31.3 Å². The maximum Gasteiger partial charge on any atom is 0.264 e. The van der Waals surface area contributed by atoms with E-state index in [9.17, 15) is 13.2 Å². The Balaban J connectivity index is 2.30. The van der Waals surface area contributed by atoms with E-state index >= 15 is 0 Å². The Labute approximate surface area is 124 Å². The molecular formula is C13H20N2O5S. The Morgan fingerprint density at radius 3 is 2.76 bits per heavy atom. The molecule has 1 aliphatic heterocycles. The normalized spacial score (nSPS) is 18.5. The maximum absolute atomic E-state index is 12.5. The van der Waals surface area contributed by atoms with Gasteiger partial charge in [0.25, 0.3) is 15.7 Å². The Morgan fingerprint density at radius 1 is 1.43 bits per heavy atom. The molecule has 0 aromatic carbocycles. The minimum absolute atomic E-state index is 0.0519. The van der Waals surface area contributed by atoms with Gasteiger partial charge in [-0.05, 0) is 19.8 Å². The summed E-state index contributed by atoms with van der Waals surface area (Å²) < 4.78 is 33.6. The van der Waals surface area contributed by atoms with E-state index in [1.807, 2.05) is 0 Å². The van der Waals surface area contributed by atoms with Crippen LogP contribution in [0.5, 0.6) is 0 Å². The lowest BCUT2D eigenvalue weighted by Crippen LogP contribution is -2.34. The minimum Gasteiger partial charge on any atom is -0.374 e. The molecule has 0 radical (unpaired) electrons. The molecule has 2 heterocycles. The van der Waals surface area contributed by atoms with Crippen LogP contribution in [-0.2, 0) is 32.0 Å². The van der Waals surface area contributed by atoms with E-state index in [1.165, 1.54) is 0 Å². The lowest BCUT2D eigenvalue weighted by molar-refractivity contribution is 0.0692. The van der Waals surface area contributed by atoms with Gasteiger partial charge in [-0.25, -0.2) is 4.98 Å². The lowest BCUT2D eigenvalue weighted by atomic mass is 10.1. The summed E-state index contributed by atoms with van der Waals surface area (Å²) in [7, 11) is -1.89. The predicted molar refractivity (Wildman–Crippen MR) is 76.7 cm³/mol. The minimum atomic E-state index is -3.50. The van der Waals surface area contributed by atoms with Crippen LogP contribution in [0.15, 0.2) is 4.79 Å². The van der Waals surface area contributed by atoms with Gasteiger partial charge in [-0.1, -0.05) is 0 Å². The number of nitrogens with zero attached hydrogens (tertiary/aromatic N) is 2. The highest BCUT2D eigenvalue weighted by Gasteiger charge is 2.24. The van der Waals surface area contributed by atoms with Crippen LogP contribution < -0.4 is 5.56 Å². The molecular weight excluding hydrogens is 296 g/mol. The molecule has 0 amide bonds. The van der Waals surface area contributed by atoms with E-state index in [2.05, 4.69) is 4.98 Å². The Bertz CT molecular complexity index is 681. The fraction of sp³-hybridized carbons (Fsp3) is 0.692. The standard InChI is InChI=1S/C13H20N2O5S/c1-9-10(6-8-20-21(3,17)18)13(16)15-7-4-5-11(19-2)12(15)14-9/h11H,4-8H2,1-3H3. The molecule has 8 heteroatoms. The first-order valence-electron chi connectivity index (χ1n) is 6.81. The van der Waals surface area contributed by atoms with Gasteiger partial charge >= 0.3 is 0 Å². The number of aryl methyl sites for hydroxylation is 1. The highest BCUT2D eigenvalue weighted by Crippen LogP contribution is 2.25. The summed E-state index contributed by atoms with van der Waals surface area (Å²) in [6, 6.07) is 0. The van der Waals surface area contributed by atoms with E-state index < -0.39 is 10.1 Å². The van der Waals surface area contributed by atoms with E-state index in [0.717, 1.165) is 19.1 Å². The van der Waals surface area contributed by atoms with Gasteiger partial charge in [-0.2, -0.15) is 8.42 Å². The van der Waals surface area contributed by atoms with Gasteiger partial charge in [-0.15, -0.1) is 0 Å². The first kappa shape index (κ1) is 16.1. The van der Waals surface area contributed by atoms with Crippen LogP contribution in [0.3, 0.4) is 0 Å². The molecule has 7 nitrogen and oxygen atoms in total. The van der Waals surface area contributed by atoms with Crippen LogP contribution in [0.4, 0.5) is 0 Å². The SMILES string of the molecule is COC1CCCn2c1nc(C)c(CCOS(C)(=O)=O)c2=O. The summed E-state index contributed by atoms with van der Waals surface area (Å²) in [4.78, 5) is 17.0. The summed E-state index contributed by atoms with van der Waals surface area (Å²) in [6.07, 6.45) is 2.75. The first-order valence-corrected chi connectivity index (χ1v) is 8.62. The fourth-order valence-corrected chi connectivity index (χ4v) is 2.94. The Kier molecular flexibility index (Phi) is 4.80. The molecule has 1 atom stereocenters. The van der Waals surface area contributed by atoms with Crippen LogP contribution in [-0.4, -0.2) is 37.9 Å². The maximum atomic E-state index is 12.5. The molecule has 0 N–H and O–H groups in total. The molecule has 0 spiro atoms. The molecule has 0 bridgehead atoms. The van der Waals surface area contributed by atoms with Crippen LogP contribution in [0, 0.1) is 6.92 Å². The molecule has 0 saturated carbocycles. The fourth-order valence-electron chi connectivity index (χ4n) is 2.55. The van der Waals surface area contributed by atoms with Crippen molar-refractivity contribution in [2.75, 3.05) is 20.0 Å². The molecule has 0 aliphatic carbocycles. The summed E-state index contributed by atoms with van der Waals surface area (Å²) in [6.45, 7) is 2.31. The Hall–Kier alpha value is -1.25. The molecule has 21 heavy (non-hydrogen) atoms. The first-order chi connectivity index (χ1) is 9.83. The number of ether oxygens (including phenoxy) is 1. The van der Waals surface area contributed by atoms with Crippen molar-refractivity contribution in [2.45, 2.75) is 38.8 Å². The second-order valence-electron chi connectivity index (χ2n) is 5.13. The van der Waals surface area contributed by atoms with Gasteiger partial charge in [0.15, 0.2) is 0 Å². The zero-order chi connectivity index (χ0) is 15.6. The van der Waals surface area contributed by atoms with Crippen molar-refractivity contribution in [3.05, 3.63) is 27.4 Å². The third kappa shape index (κ3) is 3.69. The second kappa shape index (κ2) is 6.25. The average molecular weight is 316 g/mol. The molecule has 0 fully saturated rings. The predicted octanol–water partition coefficient (Wildman–Crippen LogP) is 0.552. The number of fused-ring (bicyclic) bond motifs is 1. The Morgan fingerprint density at radius 2 is 2.14 bits per heavy atom. The number of aromatic nitrogens is 2. The van der Waals surface area contributed by atoms with E-state index in [0.29, 0.717) is 23.6 Å². The second-order valence-corrected chi connectivity index (χ2v) is 6.78. The number of methoxy groups -OCH3 is 1. The van der Waals surface area contributed by atoms with Gasteiger partial charge in [0.2, 0.25) is 0 Å². The van der Waals surface area contributed by atoms with Gasteiger partial charge in [0.1, 0.15) is 11.9 Å². The van der Waals surface area contributed by atoms with Crippen molar-refractivity contribution in [1.82, 2.24) is 9.55 Å². The van der Waals surface area contributed by atoms with E-state index in [4.69, 9.17) is 8.92 Å². The van der Waals surface area contributed by atoms with Crippen molar-refractivity contribution in [1.29, 1.82) is 0 Å². The topological polar surface area (TPSA) is 87.5 Å². The summed E-state index contributed by atoms with van der Waals surface area (Å²) >= 11 is 0. The zero-order valence-corrected chi connectivity index (χ0v) is 13.3. The number of hydrogen-bond donors (Lipinski definition) is 0. The monoisotopic (exact) mass is 316 g/mol. The summed E-state index contributed by atoms with van der Waals surface area (Å²) in [5, 5.41) is 0. The molecule has 0 saturated heterocycles. The molecule has 1 aromatic rings. The highest BCUT2D eigenvalue weighted by molar-refractivity contribution is 7.85. The van der Waals surface area contributed by atoms with Crippen LogP contribution in [0.2, 0.25) is 0 Å². The molecule has 118 valence electrons. The number of rotatable bonds is 5. The van der Waals surface area contributed by atoms with Crippen LogP contribution in [0.25, 0.3) is 0 Å². The summed E-state index contributed by atoms with van der Waals surface area (Å²) in [5.74, 6) is 0.652. The third-order valence-corrected chi connectivity index (χ3v) is 4.16. The smallest absolute Gasteiger partial charge is 0.264 e. The van der Waals surface area contributed by atoms with Crippen molar-refractivity contribution >= 4 is 10.1 Å². The van der Waals surface area contributed by atoms with Crippen molar-refractivity contribution in [2.24, 2.45) is 0 Å². The molecule has 1 aromatic heterocycles. The van der Waals surface area contributed by atoms with Gasteiger partial charge in [-0.3, -0.25) is 13.5 Å². The lowest BCUT2D eigenvalue weighted by Gasteiger charge is -2.25. The molecule has 2 rings (SSSR count). The van der Waals surface area contributed by atoms with E-state index in [1.54, 1.807) is 18.6 Å². The third-order valence-electron chi connectivity index (χ3n) is 3.57. The van der Waals surface area contributed by atoms with E-state index in [-0.39, 0.29) is 24.7 Å². The molecule has 1 unspecified atom stereocenters. The van der Waals surface area contributed by atoms with Crippen molar-refractivity contribution < 1.29 is 17.3 Å². The number of hydrogen-bond acceptors (Lipinski definition) is 6. The van der Waals surface area contributed by atoms with Gasteiger partial charge in [0.05, 0.1) is 12.9 Å². The largest absolute Gasteiger partial charge is 0.374 e. The van der Waals surface area contributed by atoms with Crippen molar-refractivity contribution in [3.8, 4) is 0 Å². The van der Waals surface area contributed by atoms with Crippen LogP contribution >= 0.6 is 0 Å².